The monoisotopic (exact) mass is 209 g/mol. The Morgan fingerprint density at radius 3 is 2.50 bits per heavy atom. The first-order valence-corrected chi connectivity index (χ1v) is 4.70. The van der Waals surface area contributed by atoms with Gasteiger partial charge in [-0.2, -0.15) is 0 Å². The molecule has 0 aliphatic carbocycles. The van der Waals surface area contributed by atoms with Crippen molar-refractivity contribution in [2.45, 2.75) is 12.4 Å². The SMILES string of the molecule is C=C(C)C(=O)NC(Cl)c1ccccc1. The molecular formula is C11H12ClNO. The zero-order chi connectivity index (χ0) is 10.6. The van der Waals surface area contributed by atoms with Gasteiger partial charge in [-0.3, -0.25) is 4.79 Å². The first kappa shape index (κ1) is 10.8. The quantitative estimate of drug-likeness (QED) is 0.463. The van der Waals surface area contributed by atoms with Crippen molar-refractivity contribution in [3.8, 4) is 0 Å². The van der Waals surface area contributed by atoms with Crippen LogP contribution in [-0.2, 0) is 4.79 Å². The van der Waals surface area contributed by atoms with Gasteiger partial charge < -0.3 is 5.32 Å². The minimum absolute atomic E-state index is 0.228. The molecule has 1 rings (SSSR count). The second-order valence-corrected chi connectivity index (χ2v) is 3.46. The molecule has 0 fully saturated rings. The van der Waals surface area contributed by atoms with E-state index in [1.165, 1.54) is 0 Å². The number of rotatable bonds is 3. The number of halogens is 1. The van der Waals surface area contributed by atoms with Crippen LogP contribution < -0.4 is 5.32 Å². The van der Waals surface area contributed by atoms with Crippen LogP contribution in [0.25, 0.3) is 0 Å². The fourth-order valence-corrected chi connectivity index (χ4v) is 1.19. The van der Waals surface area contributed by atoms with Gasteiger partial charge in [0.1, 0.15) is 5.50 Å². The summed E-state index contributed by atoms with van der Waals surface area (Å²) in [5.74, 6) is -0.228. The summed E-state index contributed by atoms with van der Waals surface area (Å²) < 4.78 is 0. The molecule has 1 N–H and O–H groups in total. The summed E-state index contributed by atoms with van der Waals surface area (Å²) in [6.07, 6.45) is 0. The first-order chi connectivity index (χ1) is 6.61. The van der Waals surface area contributed by atoms with E-state index in [1.54, 1.807) is 6.92 Å². The standard InChI is InChI=1S/C11H12ClNO/c1-8(2)11(14)13-10(12)9-6-4-3-5-7-9/h3-7,10H,1H2,2H3,(H,13,14). The van der Waals surface area contributed by atoms with E-state index in [-0.39, 0.29) is 5.91 Å². The molecule has 0 saturated heterocycles. The highest BCUT2D eigenvalue weighted by atomic mass is 35.5. The lowest BCUT2D eigenvalue weighted by molar-refractivity contribution is -0.117. The van der Waals surface area contributed by atoms with E-state index in [1.807, 2.05) is 30.3 Å². The molecule has 1 unspecified atom stereocenters. The number of nitrogens with one attached hydrogen (secondary N) is 1. The summed E-state index contributed by atoms with van der Waals surface area (Å²) >= 11 is 5.97. The van der Waals surface area contributed by atoms with E-state index in [9.17, 15) is 4.79 Å². The van der Waals surface area contributed by atoms with Crippen LogP contribution >= 0.6 is 11.6 Å². The third kappa shape index (κ3) is 2.89. The molecule has 0 bridgehead atoms. The normalized spacial score (nSPS) is 11.9. The number of alkyl halides is 1. The van der Waals surface area contributed by atoms with Crippen molar-refractivity contribution in [1.82, 2.24) is 5.32 Å². The molecule has 1 aromatic carbocycles. The summed E-state index contributed by atoms with van der Waals surface area (Å²) in [4.78, 5) is 11.2. The summed E-state index contributed by atoms with van der Waals surface area (Å²) in [7, 11) is 0. The van der Waals surface area contributed by atoms with Gasteiger partial charge in [-0.05, 0) is 12.5 Å². The van der Waals surface area contributed by atoms with Crippen LogP contribution in [0.15, 0.2) is 42.5 Å². The molecule has 0 spiro atoms. The Morgan fingerprint density at radius 2 is 2.00 bits per heavy atom. The van der Waals surface area contributed by atoms with Crippen LogP contribution in [-0.4, -0.2) is 5.91 Å². The molecule has 14 heavy (non-hydrogen) atoms. The van der Waals surface area contributed by atoms with Crippen molar-refractivity contribution in [3.63, 3.8) is 0 Å². The van der Waals surface area contributed by atoms with Crippen molar-refractivity contribution in [2.24, 2.45) is 0 Å². The van der Waals surface area contributed by atoms with Gasteiger partial charge in [-0.15, -0.1) is 0 Å². The Hall–Kier alpha value is -1.28. The molecule has 0 aliphatic heterocycles. The Labute approximate surface area is 88.6 Å². The molecule has 1 atom stereocenters. The third-order valence-corrected chi connectivity index (χ3v) is 2.10. The van der Waals surface area contributed by atoms with Crippen molar-refractivity contribution in [2.75, 3.05) is 0 Å². The topological polar surface area (TPSA) is 29.1 Å². The smallest absolute Gasteiger partial charge is 0.247 e. The number of carbonyl (C=O) groups excluding carboxylic acids is 1. The molecule has 0 heterocycles. The molecule has 3 heteroatoms. The van der Waals surface area contributed by atoms with E-state index < -0.39 is 5.50 Å². The zero-order valence-electron chi connectivity index (χ0n) is 7.96. The highest BCUT2D eigenvalue weighted by Gasteiger charge is 2.10. The molecule has 2 nitrogen and oxygen atoms in total. The molecule has 74 valence electrons. The predicted molar refractivity (Wildman–Crippen MR) is 58.0 cm³/mol. The maximum Gasteiger partial charge on any atom is 0.247 e. The molecule has 0 radical (unpaired) electrons. The van der Waals surface area contributed by atoms with E-state index in [2.05, 4.69) is 11.9 Å². The number of hydrogen-bond acceptors (Lipinski definition) is 1. The lowest BCUT2D eigenvalue weighted by atomic mass is 10.2. The van der Waals surface area contributed by atoms with Crippen molar-refractivity contribution >= 4 is 17.5 Å². The highest BCUT2D eigenvalue weighted by molar-refractivity contribution is 6.21. The largest absolute Gasteiger partial charge is 0.332 e. The Morgan fingerprint density at radius 1 is 1.43 bits per heavy atom. The van der Waals surface area contributed by atoms with Crippen LogP contribution in [0.2, 0.25) is 0 Å². The summed E-state index contributed by atoms with van der Waals surface area (Å²) in [6.45, 7) is 5.17. The van der Waals surface area contributed by atoms with Crippen LogP contribution in [0.3, 0.4) is 0 Å². The molecular weight excluding hydrogens is 198 g/mol. The average Bonchev–Trinajstić information content (AvgIpc) is 2.19. The molecule has 1 amide bonds. The number of hydrogen-bond donors (Lipinski definition) is 1. The maximum absolute atomic E-state index is 11.2. The van der Waals surface area contributed by atoms with Gasteiger partial charge in [0.15, 0.2) is 0 Å². The fourth-order valence-electron chi connectivity index (χ4n) is 0.944. The van der Waals surface area contributed by atoms with Gasteiger partial charge in [0.05, 0.1) is 0 Å². The summed E-state index contributed by atoms with van der Waals surface area (Å²) in [6, 6.07) is 9.36. The fraction of sp³-hybridized carbons (Fsp3) is 0.182. The van der Waals surface area contributed by atoms with Crippen LogP contribution in [0.5, 0.6) is 0 Å². The molecule has 0 aliphatic rings. The minimum atomic E-state index is -0.500. The van der Waals surface area contributed by atoms with Gasteiger partial charge >= 0.3 is 0 Å². The third-order valence-electron chi connectivity index (χ3n) is 1.74. The number of carbonyl (C=O) groups is 1. The van der Waals surface area contributed by atoms with E-state index in [0.29, 0.717) is 5.57 Å². The Bertz CT molecular complexity index is 334. The van der Waals surface area contributed by atoms with Gasteiger partial charge in [0.2, 0.25) is 5.91 Å². The second kappa shape index (κ2) is 4.82. The Balaban J connectivity index is 2.64. The van der Waals surface area contributed by atoms with Crippen LogP contribution in [0.1, 0.15) is 18.0 Å². The van der Waals surface area contributed by atoms with Crippen molar-refractivity contribution < 1.29 is 4.79 Å². The minimum Gasteiger partial charge on any atom is -0.332 e. The van der Waals surface area contributed by atoms with E-state index in [4.69, 9.17) is 11.6 Å². The van der Waals surface area contributed by atoms with Crippen LogP contribution in [0.4, 0.5) is 0 Å². The van der Waals surface area contributed by atoms with E-state index >= 15 is 0 Å². The number of benzene rings is 1. The van der Waals surface area contributed by atoms with E-state index in [0.717, 1.165) is 5.56 Å². The summed E-state index contributed by atoms with van der Waals surface area (Å²) in [5, 5.41) is 2.62. The van der Waals surface area contributed by atoms with Gasteiger partial charge in [-0.25, -0.2) is 0 Å². The summed E-state index contributed by atoms with van der Waals surface area (Å²) in [5.41, 5.74) is 0.816. The molecule has 0 aromatic heterocycles. The highest BCUT2D eigenvalue weighted by Crippen LogP contribution is 2.16. The predicted octanol–water partition coefficient (Wildman–Crippen LogP) is 2.62. The lowest BCUT2D eigenvalue weighted by Crippen LogP contribution is -2.25. The first-order valence-electron chi connectivity index (χ1n) is 4.26. The van der Waals surface area contributed by atoms with Gasteiger partial charge in [0.25, 0.3) is 0 Å². The Kier molecular flexibility index (Phi) is 3.72. The van der Waals surface area contributed by atoms with Crippen molar-refractivity contribution in [1.29, 1.82) is 0 Å². The molecule has 1 aromatic rings. The zero-order valence-corrected chi connectivity index (χ0v) is 8.71. The van der Waals surface area contributed by atoms with Gasteiger partial charge in [-0.1, -0.05) is 48.5 Å². The number of amides is 1. The second-order valence-electron chi connectivity index (χ2n) is 3.03. The van der Waals surface area contributed by atoms with Crippen LogP contribution in [0, 0.1) is 0 Å². The van der Waals surface area contributed by atoms with Crippen molar-refractivity contribution in [3.05, 3.63) is 48.0 Å². The maximum atomic E-state index is 11.2. The molecule has 0 saturated carbocycles. The lowest BCUT2D eigenvalue weighted by Gasteiger charge is -2.11. The van der Waals surface area contributed by atoms with Gasteiger partial charge in [0, 0.05) is 5.57 Å². The average molecular weight is 210 g/mol.